The van der Waals surface area contributed by atoms with Crippen LogP contribution in [0.4, 0.5) is 5.13 Å². The van der Waals surface area contributed by atoms with Gasteiger partial charge in [-0.15, -0.1) is 11.3 Å². The largest absolute Gasteiger partial charge is 0.365 e. The van der Waals surface area contributed by atoms with Gasteiger partial charge < -0.3 is 10.6 Å². The summed E-state index contributed by atoms with van der Waals surface area (Å²) in [6, 6.07) is 0. The number of nitrogens with one attached hydrogen (secondary N) is 2. The van der Waals surface area contributed by atoms with E-state index in [2.05, 4.69) is 15.6 Å². The molecule has 0 aliphatic carbocycles. The van der Waals surface area contributed by atoms with Gasteiger partial charge in [0.2, 0.25) is 5.91 Å². The van der Waals surface area contributed by atoms with E-state index in [0.717, 1.165) is 10.8 Å². The van der Waals surface area contributed by atoms with E-state index in [4.69, 9.17) is 0 Å². The molecule has 0 spiro atoms. The Morgan fingerprint density at radius 1 is 1.64 bits per heavy atom. The summed E-state index contributed by atoms with van der Waals surface area (Å²) >= 11 is 1.54. The van der Waals surface area contributed by atoms with E-state index in [1.807, 2.05) is 26.3 Å². The van der Waals surface area contributed by atoms with E-state index in [1.54, 1.807) is 0 Å². The van der Waals surface area contributed by atoms with Crippen LogP contribution in [0.1, 0.15) is 19.5 Å². The van der Waals surface area contributed by atoms with Crippen molar-refractivity contribution < 1.29 is 4.79 Å². The number of nitrogens with zero attached hydrogens (tertiary/aromatic N) is 1. The zero-order valence-corrected chi connectivity index (χ0v) is 9.44. The summed E-state index contributed by atoms with van der Waals surface area (Å²) in [4.78, 5) is 15.5. The third-order valence-electron chi connectivity index (χ3n) is 1.73. The first-order chi connectivity index (χ1) is 6.63. The average Bonchev–Trinajstić information content (AvgIpc) is 2.61. The molecule has 1 amide bonds. The lowest BCUT2D eigenvalue weighted by molar-refractivity contribution is -0.124. The van der Waals surface area contributed by atoms with E-state index in [-0.39, 0.29) is 11.8 Å². The van der Waals surface area contributed by atoms with Crippen LogP contribution in [-0.2, 0) is 11.3 Å². The number of hydrogen-bond acceptors (Lipinski definition) is 4. The Morgan fingerprint density at radius 3 is 2.86 bits per heavy atom. The van der Waals surface area contributed by atoms with Gasteiger partial charge in [-0.25, -0.2) is 4.98 Å². The van der Waals surface area contributed by atoms with Crippen molar-refractivity contribution in [1.82, 2.24) is 10.3 Å². The van der Waals surface area contributed by atoms with Crippen LogP contribution < -0.4 is 10.6 Å². The van der Waals surface area contributed by atoms with Gasteiger partial charge in [0.25, 0.3) is 0 Å². The zero-order chi connectivity index (χ0) is 10.6. The van der Waals surface area contributed by atoms with E-state index < -0.39 is 0 Å². The highest BCUT2D eigenvalue weighted by Gasteiger charge is 2.07. The van der Waals surface area contributed by atoms with Crippen molar-refractivity contribution in [3.05, 3.63) is 11.1 Å². The predicted octanol–water partition coefficient (Wildman–Crippen LogP) is 1.46. The molecule has 0 saturated heterocycles. The molecule has 78 valence electrons. The lowest BCUT2D eigenvalue weighted by Crippen LogP contribution is -2.27. The van der Waals surface area contributed by atoms with Crippen LogP contribution in [0.25, 0.3) is 0 Å². The normalized spacial score (nSPS) is 10.3. The molecule has 14 heavy (non-hydrogen) atoms. The molecule has 2 N–H and O–H groups in total. The van der Waals surface area contributed by atoms with E-state index in [0.29, 0.717) is 6.54 Å². The molecule has 0 atom stereocenters. The van der Waals surface area contributed by atoms with Crippen LogP contribution in [0.2, 0.25) is 0 Å². The molecular weight excluding hydrogens is 198 g/mol. The predicted molar refractivity (Wildman–Crippen MR) is 58.3 cm³/mol. The molecule has 0 radical (unpaired) electrons. The highest BCUT2D eigenvalue weighted by atomic mass is 32.1. The Balaban J connectivity index is 2.41. The topological polar surface area (TPSA) is 54.0 Å². The lowest BCUT2D eigenvalue weighted by Gasteiger charge is -2.04. The molecule has 1 rings (SSSR count). The van der Waals surface area contributed by atoms with Crippen molar-refractivity contribution in [2.24, 2.45) is 5.92 Å². The second-order valence-corrected chi connectivity index (χ2v) is 4.12. The van der Waals surface area contributed by atoms with Crippen LogP contribution in [-0.4, -0.2) is 17.9 Å². The fourth-order valence-corrected chi connectivity index (χ4v) is 1.56. The monoisotopic (exact) mass is 213 g/mol. The van der Waals surface area contributed by atoms with Crippen molar-refractivity contribution in [3.63, 3.8) is 0 Å². The summed E-state index contributed by atoms with van der Waals surface area (Å²) in [6.07, 6.45) is 0. The maximum Gasteiger partial charge on any atom is 0.222 e. The fraction of sp³-hybridized carbons (Fsp3) is 0.556. The van der Waals surface area contributed by atoms with E-state index in [1.165, 1.54) is 11.3 Å². The molecule has 0 fully saturated rings. The lowest BCUT2D eigenvalue weighted by atomic mass is 10.2. The fourth-order valence-electron chi connectivity index (χ4n) is 0.885. The summed E-state index contributed by atoms with van der Waals surface area (Å²) in [5.74, 6) is 0.0846. The van der Waals surface area contributed by atoms with E-state index in [9.17, 15) is 4.79 Å². The first-order valence-corrected chi connectivity index (χ1v) is 5.41. The van der Waals surface area contributed by atoms with Crippen molar-refractivity contribution in [2.45, 2.75) is 20.4 Å². The van der Waals surface area contributed by atoms with Gasteiger partial charge in [-0.05, 0) is 0 Å². The molecule has 0 aliphatic rings. The van der Waals surface area contributed by atoms with Gasteiger partial charge in [0.05, 0.1) is 12.2 Å². The number of thiazole rings is 1. The Kier molecular flexibility index (Phi) is 3.88. The molecule has 1 aromatic rings. The molecule has 0 aromatic carbocycles. The standard InChI is InChI=1S/C9H15N3OS/c1-6(2)8(13)11-4-7-5-14-9(10-3)12-7/h5-6H,4H2,1-3H3,(H,10,12)(H,11,13). The van der Waals surface area contributed by atoms with Gasteiger partial charge in [0.1, 0.15) is 0 Å². The Hall–Kier alpha value is -1.10. The van der Waals surface area contributed by atoms with Crippen molar-refractivity contribution in [3.8, 4) is 0 Å². The summed E-state index contributed by atoms with van der Waals surface area (Å²) in [7, 11) is 1.83. The number of carbonyl (C=O) groups excluding carboxylic acids is 1. The molecule has 0 aliphatic heterocycles. The molecule has 1 aromatic heterocycles. The van der Waals surface area contributed by atoms with Gasteiger partial charge in [0, 0.05) is 18.3 Å². The third kappa shape index (κ3) is 2.99. The Bertz CT molecular complexity index is 309. The maximum absolute atomic E-state index is 11.2. The van der Waals surface area contributed by atoms with Gasteiger partial charge >= 0.3 is 0 Å². The van der Waals surface area contributed by atoms with Crippen LogP contribution >= 0.6 is 11.3 Å². The smallest absolute Gasteiger partial charge is 0.222 e. The van der Waals surface area contributed by atoms with Crippen LogP contribution in [0.3, 0.4) is 0 Å². The molecule has 0 unspecified atom stereocenters. The molecule has 0 bridgehead atoms. The molecule has 4 nitrogen and oxygen atoms in total. The second-order valence-electron chi connectivity index (χ2n) is 3.27. The van der Waals surface area contributed by atoms with Crippen molar-refractivity contribution in [2.75, 3.05) is 12.4 Å². The molecule has 5 heteroatoms. The number of hydrogen-bond donors (Lipinski definition) is 2. The summed E-state index contributed by atoms with van der Waals surface area (Å²) < 4.78 is 0. The maximum atomic E-state index is 11.2. The Morgan fingerprint density at radius 2 is 2.36 bits per heavy atom. The van der Waals surface area contributed by atoms with E-state index >= 15 is 0 Å². The van der Waals surface area contributed by atoms with Crippen LogP contribution in [0.5, 0.6) is 0 Å². The Labute approximate surface area is 87.7 Å². The number of rotatable bonds is 4. The molecular formula is C9H15N3OS. The van der Waals surface area contributed by atoms with Gasteiger partial charge in [0.15, 0.2) is 5.13 Å². The van der Waals surface area contributed by atoms with Crippen LogP contribution in [0.15, 0.2) is 5.38 Å². The van der Waals surface area contributed by atoms with Crippen LogP contribution in [0, 0.1) is 5.92 Å². The van der Waals surface area contributed by atoms with Crippen molar-refractivity contribution in [1.29, 1.82) is 0 Å². The molecule has 1 heterocycles. The van der Waals surface area contributed by atoms with Crippen molar-refractivity contribution >= 4 is 22.4 Å². The van der Waals surface area contributed by atoms with Gasteiger partial charge in [-0.2, -0.15) is 0 Å². The minimum atomic E-state index is 0.0254. The zero-order valence-electron chi connectivity index (χ0n) is 8.63. The summed E-state index contributed by atoms with van der Waals surface area (Å²) in [6.45, 7) is 4.25. The highest BCUT2D eigenvalue weighted by Crippen LogP contribution is 2.13. The summed E-state index contributed by atoms with van der Waals surface area (Å²) in [5, 5.41) is 8.58. The van der Waals surface area contributed by atoms with Gasteiger partial charge in [-0.1, -0.05) is 13.8 Å². The first-order valence-electron chi connectivity index (χ1n) is 4.53. The first kappa shape index (κ1) is 11.0. The molecule has 0 saturated carbocycles. The summed E-state index contributed by atoms with van der Waals surface area (Å²) in [5.41, 5.74) is 0.897. The highest BCUT2D eigenvalue weighted by molar-refractivity contribution is 7.13. The SMILES string of the molecule is CNc1nc(CNC(=O)C(C)C)cs1. The quantitative estimate of drug-likeness (QED) is 0.796. The number of carbonyl (C=O) groups is 1. The minimum Gasteiger partial charge on any atom is -0.365 e. The third-order valence-corrected chi connectivity index (χ3v) is 2.64. The average molecular weight is 213 g/mol. The number of aromatic nitrogens is 1. The minimum absolute atomic E-state index is 0.0254. The number of amides is 1. The second kappa shape index (κ2) is 4.95. The van der Waals surface area contributed by atoms with Gasteiger partial charge in [-0.3, -0.25) is 4.79 Å². The number of anilines is 1.